The summed E-state index contributed by atoms with van der Waals surface area (Å²) in [5.74, 6) is 0.548. The molecule has 1 fully saturated rings. The highest BCUT2D eigenvalue weighted by Crippen LogP contribution is 2.22. The Morgan fingerprint density at radius 3 is 3.00 bits per heavy atom. The molecule has 1 aromatic rings. The molecule has 5 nitrogen and oxygen atoms in total. The molecule has 1 N–H and O–H groups in total. The molecule has 2 atom stereocenters. The van der Waals surface area contributed by atoms with Crippen LogP contribution in [0.2, 0.25) is 0 Å². The lowest BCUT2D eigenvalue weighted by Crippen LogP contribution is -2.43. The molecule has 0 aliphatic carbocycles. The number of ether oxygens (including phenoxy) is 1. The van der Waals surface area contributed by atoms with Crippen LogP contribution in [0.25, 0.3) is 0 Å². The molecule has 1 saturated heterocycles. The second-order valence-electron chi connectivity index (χ2n) is 7.31. The zero-order valence-corrected chi connectivity index (χ0v) is 15.5. The maximum atomic E-state index is 12.2. The van der Waals surface area contributed by atoms with Gasteiger partial charge >= 0.3 is 6.09 Å². The highest BCUT2D eigenvalue weighted by atomic mass is 32.1. The van der Waals surface area contributed by atoms with E-state index in [4.69, 9.17) is 4.74 Å². The first-order valence-corrected chi connectivity index (χ1v) is 9.39. The average molecular weight is 340 g/mol. The van der Waals surface area contributed by atoms with Crippen molar-refractivity contribution in [3.05, 3.63) is 16.6 Å². The summed E-state index contributed by atoms with van der Waals surface area (Å²) in [5.41, 5.74) is 2.55. The molecular formula is C17H29N3O2S. The molecule has 6 heteroatoms. The predicted molar refractivity (Wildman–Crippen MR) is 93.7 cm³/mol. The van der Waals surface area contributed by atoms with E-state index in [0.717, 1.165) is 38.2 Å². The summed E-state index contributed by atoms with van der Waals surface area (Å²) < 4.78 is 5.48. The van der Waals surface area contributed by atoms with Gasteiger partial charge in [-0.15, -0.1) is 11.3 Å². The summed E-state index contributed by atoms with van der Waals surface area (Å²) in [6.45, 7) is 10.5. The Balaban J connectivity index is 1.72. The number of carbonyl (C=O) groups is 1. The van der Waals surface area contributed by atoms with Crippen molar-refractivity contribution in [2.45, 2.75) is 58.6 Å². The summed E-state index contributed by atoms with van der Waals surface area (Å²) in [6, 6.07) is 0.284. The monoisotopic (exact) mass is 339 g/mol. The molecule has 130 valence electrons. The van der Waals surface area contributed by atoms with Crippen molar-refractivity contribution in [3.8, 4) is 0 Å². The minimum Gasteiger partial charge on any atom is -0.444 e. The Bertz CT molecular complexity index is 485. The first-order valence-electron chi connectivity index (χ1n) is 8.44. The maximum Gasteiger partial charge on any atom is 0.410 e. The molecule has 0 aromatic carbocycles. The summed E-state index contributed by atoms with van der Waals surface area (Å²) in [4.78, 5) is 18.4. The van der Waals surface area contributed by atoms with Crippen LogP contribution in [0.15, 0.2) is 10.9 Å². The van der Waals surface area contributed by atoms with Crippen LogP contribution in [-0.4, -0.2) is 41.2 Å². The first-order chi connectivity index (χ1) is 10.8. The average Bonchev–Trinajstić information content (AvgIpc) is 3.00. The number of rotatable bonds is 5. The van der Waals surface area contributed by atoms with Gasteiger partial charge in [-0.25, -0.2) is 9.78 Å². The Labute approximate surface area is 143 Å². The van der Waals surface area contributed by atoms with E-state index < -0.39 is 5.60 Å². The van der Waals surface area contributed by atoms with Crippen molar-refractivity contribution in [2.75, 3.05) is 19.6 Å². The van der Waals surface area contributed by atoms with Crippen LogP contribution in [-0.2, 0) is 4.74 Å². The lowest BCUT2D eigenvalue weighted by molar-refractivity contribution is 0.0161. The van der Waals surface area contributed by atoms with Crippen LogP contribution in [0.1, 0.15) is 58.7 Å². The lowest BCUT2D eigenvalue weighted by atomic mass is 9.95. The molecule has 0 saturated carbocycles. The van der Waals surface area contributed by atoms with Gasteiger partial charge in [-0.05, 0) is 59.4 Å². The van der Waals surface area contributed by atoms with Crippen LogP contribution >= 0.6 is 11.3 Å². The predicted octanol–water partition coefficient (Wildman–Crippen LogP) is 3.83. The lowest BCUT2D eigenvalue weighted by Gasteiger charge is -2.34. The number of thiazole rings is 1. The molecule has 0 bridgehead atoms. The smallest absolute Gasteiger partial charge is 0.410 e. The Morgan fingerprint density at radius 2 is 2.35 bits per heavy atom. The third-order valence-electron chi connectivity index (χ3n) is 4.07. The van der Waals surface area contributed by atoms with Crippen molar-refractivity contribution in [2.24, 2.45) is 5.92 Å². The molecule has 2 unspecified atom stereocenters. The third kappa shape index (κ3) is 6.11. The van der Waals surface area contributed by atoms with Crippen molar-refractivity contribution < 1.29 is 9.53 Å². The van der Waals surface area contributed by atoms with E-state index in [1.165, 1.54) is 6.42 Å². The number of carbonyl (C=O) groups excluding carboxylic acids is 1. The number of hydrogen-bond acceptors (Lipinski definition) is 5. The molecule has 1 aromatic heterocycles. The molecule has 1 aliphatic heterocycles. The van der Waals surface area contributed by atoms with Gasteiger partial charge in [-0.1, -0.05) is 0 Å². The summed E-state index contributed by atoms with van der Waals surface area (Å²) in [7, 11) is 0. The Morgan fingerprint density at radius 1 is 1.57 bits per heavy atom. The molecule has 1 amide bonds. The van der Waals surface area contributed by atoms with Crippen LogP contribution in [0, 0.1) is 5.92 Å². The number of hydrogen-bond donors (Lipinski definition) is 1. The molecule has 2 heterocycles. The highest BCUT2D eigenvalue weighted by molar-refractivity contribution is 7.07. The number of aromatic nitrogens is 1. The zero-order valence-electron chi connectivity index (χ0n) is 14.7. The topological polar surface area (TPSA) is 54.5 Å². The van der Waals surface area contributed by atoms with Gasteiger partial charge in [0.2, 0.25) is 0 Å². The van der Waals surface area contributed by atoms with E-state index in [0.29, 0.717) is 5.92 Å². The van der Waals surface area contributed by atoms with Gasteiger partial charge in [-0.2, -0.15) is 0 Å². The standard InChI is InChI=1S/C17H29N3O2S/c1-13(15-11-23-12-19-15)18-8-7-14-6-5-9-20(10-14)16(21)22-17(2,3)4/h11-14,18H,5-10H2,1-4H3. The summed E-state index contributed by atoms with van der Waals surface area (Å²) in [5, 5.41) is 5.61. The number of amides is 1. The van der Waals surface area contributed by atoms with Gasteiger partial charge in [0.25, 0.3) is 0 Å². The van der Waals surface area contributed by atoms with E-state index in [2.05, 4.69) is 22.6 Å². The van der Waals surface area contributed by atoms with Gasteiger partial charge in [0.05, 0.1) is 11.2 Å². The van der Waals surface area contributed by atoms with E-state index >= 15 is 0 Å². The molecule has 23 heavy (non-hydrogen) atoms. The van der Waals surface area contributed by atoms with E-state index in [-0.39, 0.29) is 12.1 Å². The fraction of sp³-hybridized carbons (Fsp3) is 0.765. The van der Waals surface area contributed by atoms with Crippen molar-refractivity contribution in [1.82, 2.24) is 15.2 Å². The second kappa shape index (κ2) is 8.11. The molecule has 0 radical (unpaired) electrons. The number of piperidine rings is 1. The van der Waals surface area contributed by atoms with Crippen molar-refractivity contribution in [1.29, 1.82) is 0 Å². The minimum absolute atomic E-state index is 0.175. The van der Waals surface area contributed by atoms with Crippen molar-refractivity contribution in [3.63, 3.8) is 0 Å². The number of nitrogens with zero attached hydrogens (tertiary/aromatic N) is 2. The van der Waals surface area contributed by atoms with E-state index in [1.54, 1.807) is 11.3 Å². The van der Waals surface area contributed by atoms with E-state index in [9.17, 15) is 4.79 Å². The van der Waals surface area contributed by atoms with Crippen LogP contribution in [0.3, 0.4) is 0 Å². The molecule has 0 spiro atoms. The van der Waals surface area contributed by atoms with Gasteiger partial charge in [0, 0.05) is 24.5 Å². The second-order valence-corrected chi connectivity index (χ2v) is 8.03. The van der Waals surface area contributed by atoms with Crippen LogP contribution in [0.5, 0.6) is 0 Å². The number of nitrogens with one attached hydrogen (secondary N) is 1. The normalized spacial score (nSPS) is 20.3. The SMILES string of the molecule is CC(NCCC1CCCN(C(=O)OC(C)(C)C)C1)c1cscn1. The fourth-order valence-electron chi connectivity index (χ4n) is 2.84. The quantitative estimate of drug-likeness (QED) is 0.886. The van der Waals surface area contributed by atoms with Crippen LogP contribution < -0.4 is 5.32 Å². The number of likely N-dealkylation sites (tertiary alicyclic amines) is 1. The third-order valence-corrected chi connectivity index (χ3v) is 4.67. The van der Waals surface area contributed by atoms with Crippen molar-refractivity contribution >= 4 is 17.4 Å². The van der Waals surface area contributed by atoms with Gasteiger partial charge < -0.3 is 15.0 Å². The van der Waals surface area contributed by atoms with E-state index in [1.807, 2.05) is 31.2 Å². The Hall–Kier alpha value is -1.14. The first kappa shape index (κ1) is 18.2. The van der Waals surface area contributed by atoms with Crippen LogP contribution in [0.4, 0.5) is 4.79 Å². The minimum atomic E-state index is -0.422. The summed E-state index contributed by atoms with van der Waals surface area (Å²) >= 11 is 1.63. The maximum absolute atomic E-state index is 12.2. The molecule has 2 rings (SSSR count). The zero-order chi connectivity index (χ0) is 16.9. The summed E-state index contributed by atoms with van der Waals surface area (Å²) in [6.07, 6.45) is 3.15. The fourth-order valence-corrected chi connectivity index (χ4v) is 3.49. The largest absolute Gasteiger partial charge is 0.444 e. The molecule has 1 aliphatic rings. The molecular weight excluding hydrogens is 310 g/mol. The highest BCUT2D eigenvalue weighted by Gasteiger charge is 2.27. The van der Waals surface area contributed by atoms with Gasteiger partial charge in [-0.3, -0.25) is 0 Å². The Kier molecular flexibility index (Phi) is 6.41. The van der Waals surface area contributed by atoms with Gasteiger partial charge in [0.1, 0.15) is 5.60 Å². The van der Waals surface area contributed by atoms with Gasteiger partial charge in [0.15, 0.2) is 0 Å².